The fraction of sp³-hybridized carbons (Fsp3) is 1.00. The molecular weight excluding hydrogens is 182 g/mol. The number of rotatable bonds is 9. The SMILES string of the molecule is CCCCC(CC)(CC(C)C)NCCC. The zero-order valence-electron chi connectivity index (χ0n) is 11.5. The third-order valence-electron chi connectivity index (χ3n) is 3.23. The smallest absolute Gasteiger partial charge is 0.0181 e. The Morgan fingerprint density at radius 2 is 1.73 bits per heavy atom. The molecule has 0 aliphatic rings. The van der Waals surface area contributed by atoms with E-state index < -0.39 is 0 Å². The lowest BCUT2D eigenvalue weighted by Gasteiger charge is -2.36. The molecule has 1 heteroatoms. The first kappa shape index (κ1) is 15.0. The Hall–Kier alpha value is -0.0400. The van der Waals surface area contributed by atoms with E-state index in [-0.39, 0.29) is 0 Å². The fourth-order valence-corrected chi connectivity index (χ4v) is 2.40. The van der Waals surface area contributed by atoms with Crippen LogP contribution in [0.15, 0.2) is 0 Å². The fourth-order valence-electron chi connectivity index (χ4n) is 2.40. The third-order valence-corrected chi connectivity index (χ3v) is 3.23. The van der Waals surface area contributed by atoms with Gasteiger partial charge >= 0.3 is 0 Å². The maximum Gasteiger partial charge on any atom is 0.0181 e. The van der Waals surface area contributed by atoms with Crippen molar-refractivity contribution in [3.05, 3.63) is 0 Å². The Balaban J connectivity index is 4.30. The zero-order chi connectivity index (χ0) is 11.7. The lowest BCUT2D eigenvalue weighted by atomic mass is 9.82. The molecule has 0 amide bonds. The van der Waals surface area contributed by atoms with Gasteiger partial charge in [0.2, 0.25) is 0 Å². The molecule has 92 valence electrons. The van der Waals surface area contributed by atoms with Crippen LogP contribution in [0.2, 0.25) is 0 Å². The van der Waals surface area contributed by atoms with Crippen LogP contribution in [-0.4, -0.2) is 12.1 Å². The highest BCUT2D eigenvalue weighted by Gasteiger charge is 2.27. The van der Waals surface area contributed by atoms with Crippen molar-refractivity contribution in [1.29, 1.82) is 0 Å². The molecule has 0 saturated carbocycles. The van der Waals surface area contributed by atoms with Gasteiger partial charge in [0, 0.05) is 5.54 Å². The Bertz CT molecular complexity index is 132. The molecule has 0 radical (unpaired) electrons. The van der Waals surface area contributed by atoms with Gasteiger partial charge in [-0.1, -0.05) is 47.5 Å². The Kier molecular flexibility index (Phi) is 8.13. The van der Waals surface area contributed by atoms with E-state index >= 15 is 0 Å². The maximum absolute atomic E-state index is 3.80. The molecule has 0 aliphatic heterocycles. The summed E-state index contributed by atoms with van der Waals surface area (Å²) in [6.45, 7) is 12.7. The quantitative estimate of drug-likeness (QED) is 0.599. The van der Waals surface area contributed by atoms with Crippen molar-refractivity contribution in [2.75, 3.05) is 6.54 Å². The molecule has 0 fully saturated rings. The topological polar surface area (TPSA) is 12.0 Å². The predicted octanol–water partition coefficient (Wildman–Crippen LogP) is 4.37. The van der Waals surface area contributed by atoms with Crippen LogP contribution in [0.25, 0.3) is 0 Å². The standard InChI is InChI=1S/C14H31N/c1-6-9-10-14(8-3,12-13(4)5)15-11-7-2/h13,15H,6-12H2,1-5H3. The second-order valence-electron chi connectivity index (χ2n) is 5.26. The molecule has 15 heavy (non-hydrogen) atoms. The predicted molar refractivity (Wildman–Crippen MR) is 70.3 cm³/mol. The maximum atomic E-state index is 3.80. The highest BCUT2D eigenvalue weighted by atomic mass is 15.0. The Morgan fingerprint density at radius 1 is 1.07 bits per heavy atom. The Labute approximate surface area is 97.0 Å². The molecule has 0 bridgehead atoms. The number of hydrogen-bond acceptors (Lipinski definition) is 1. The lowest BCUT2D eigenvalue weighted by Crippen LogP contribution is -2.46. The van der Waals surface area contributed by atoms with Gasteiger partial charge < -0.3 is 5.32 Å². The molecule has 0 aliphatic carbocycles. The van der Waals surface area contributed by atoms with E-state index in [4.69, 9.17) is 0 Å². The van der Waals surface area contributed by atoms with Crippen molar-refractivity contribution in [1.82, 2.24) is 5.32 Å². The van der Waals surface area contributed by atoms with Crippen molar-refractivity contribution in [3.8, 4) is 0 Å². The molecule has 0 saturated heterocycles. The van der Waals surface area contributed by atoms with Gasteiger partial charge in [-0.25, -0.2) is 0 Å². The summed E-state index contributed by atoms with van der Waals surface area (Å²) in [6.07, 6.45) is 7.85. The molecule has 0 aromatic rings. The summed E-state index contributed by atoms with van der Waals surface area (Å²) in [7, 11) is 0. The monoisotopic (exact) mass is 213 g/mol. The molecule has 0 aromatic carbocycles. The zero-order valence-corrected chi connectivity index (χ0v) is 11.5. The molecule has 0 rings (SSSR count). The normalized spacial score (nSPS) is 15.6. The van der Waals surface area contributed by atoms with E-state index in [1.165, 1.54) is 45.1 Å². The van der Waals surface area contributed by atoms with Crippen molar-refractivity contribution in [3.63, 3.8) is 0 Å². The molecule has 1 unspecified atom stereocenters. The highest BCUT2D eigenvalue weighted by molar-refractivity contribution is 4.87. The first-order valence-electron chi connectivity index (χ1n) is 6.85. The van der Waals surface area contributed by atoms with Crippen LogP contribution in [0, 0.1) is 5.92 Å². The molecule has 0 aromatic heterocycles. The van der Waals surface area contributed by atoms with Gasteiger partial charge in [-0.3, -0.25) is 0 Å². The average molecular weight is 213 g/mol. The van der Waals surface area contributed by atoms with Gasteiger partial charge in [0.1, 0.15) is 0 Å². The van der Waals surface area contributed by atoms with E-state index in [9.17, 15) is 0 Å². The van der Waals surface area contributed by atoms with Gasteiger partial charge in [-0.2, -0.15) is 0 Å². The summed E-state index contributed by atoms with van der Waals surface area (Å²) in [5.41, 5.74) is 0.417. The molecule has 0 heterocycles. The summed E-state index contributed by atoms with van der Waals surface area (Å²) < 4.78 is 0. The minimum Gasteiger partial charge on any atom is -0.311 e. The third kappa shape index (κ3) is 6.19. The summed E-state index contributed by atoms with van der Waals surface area (Å²) in [5, 5.41) is 3.80. The molecular formula is C14H31N. The molecule has 1 N–H and O–H groups in total. The van der Waals surface area contributed by atoms with Crippen LogP contribution in [0.4, 0.5) is 0 Å². The van der Waals surface area contributed by atoms with Crippen LogP contribution in [-0.2, 0) is 0 Å². The number of nitrogens with one attached hydrogen (secondary N) is 1. The minimum atomic E-state index is 0.417. The van der Waals surface area contributed by atoms with Gasteiger partial charge in [-0.15, -0.1) is 0 Å². The number of hydrogen-bond donors (Lipinski definition) is 1. The van der Waals surface area contributed by atoms with Crippen LogP contribution < -0.4 is 5.32 Å². The number of unbranched alkanes of at least 4 members (excludes halogenated alkanes) is 1. The van der Waals surface area contributed by atoms with E-state index in [1.54, 1.807) is 0 Å². The van der Waals surface area contributed by atoms with Crippen molar-refractivity contribution in [2.24, 2.45) is 5.92 Å². The molecule has 1 atom stereocenters. The van der Waals surface area contributed by atoms with Crippen molar-refractivity contribution >= 4 is 0 Å². The largest absolute Gasteiger partial charge is 0.311 e. The van der Waals surface area contributed by atoms with Crippen LogP contribution in [0.1, 0.15) is 73.1 Å². The summed E-state index contributed by atoms with van der Waals surface area (Å²) in [4.78, 5) is 0. The minimum absolute atomic E-state index is 0.417. The first-order valence-corrected chi connectivity index (χ1v) is 6.85. The van der Waals surface area contributed by atoms with Gasteiger partial charge in [0.05, 0.1) is 0 Å². The first-order chi connectivity index (χ1) is 7.10. The van der Waals surface area contributed by atoms with E-state index in [0.717, 1.165) is 5.92 Å². The van der Waals surface area contributed by atoms with E-state index in [2.05, 4.69) is 39.9 Å². The van der Waals surface area contributed by atoms with Crippen molar-refractivity contribution < 1.29 is 0 Å². The van der Waals surface area contributed by atoms with E-state index in [0.29, 0.717) is 5.54 Å². The van der Waals surface area contributed by atoms with Crippen molar-refractivity contribution in [2.45, 2.75) is 78.7 Å². The lowest BCUT2D eigenvalue weighted by molar-refractivity contribution is 0.235. The molecule has 0 spiro atoms. The average Bonchev–Trinajstić information content (AvgIpc) is 2.22. The second-order valence-corrected chi connectivity index (χ2v) is 5.26. The van der Waals surface area contributed by atoms with Crippen LogP contribution >= 0.6 is 0 Å². The second kappa shape index (κ2) is 8.15. The summed E-state index contributed by atoms with van der Waals surface area (Å²) in [5.74, 6) is 0.797. The Morgan fingerprint density at radius 3 is 2.13 bits per heavy atom. The van der Waals surface area contributed by atoms with Gasteiger partial charge in [-0.05, 0) is 38.1 Å². The summed E-state index contributed by atoms with van der Waals surface area (Å²) in [6, 6.07) is 0. The van der Waals surface area contributed by atoms with Crippen LogP contribution in [0.5, 0.6) is 0 Å². The van der Waals surface area contributed by atoms with E-state index in [1.807, 2.05) is 0 Å². The highest BCUT2D eigenvalue weighted by Crippen LogP contribution is 2.26. The molecule has 1 nitrogen and oxygen atoms in total. The van der Waals surface area contributed by atoms with Gasteiger partial charge in [0.15, 0.2) is 0 Å². The summed E-state index contributed by atoms with van der Waals surface area (Å²) >= 11 is 0. The van der Waals surface area contributed by atoms with Gasteiger partial charge in [0.25, 0.3) is 0 Å². The van der Waals surface area contributed by atoms with Crippen LogP contribution in [0.3, 0.4) is 0 Å².